The van der Waals surface area contributed by atoms with Crippen molar-refractivity contribution >= 4 is 17.7 Å². The van der Waals surface area contributed by atoms with Crippen LogP contribution >= 0.6 is 11.8 Å². The number of nitrogens with zero attached hydrogens (tertiary/aromatic N) is 4. The van der Waals surface area contributed by atoms with Gasteiger partial charge in [-0.25, -0.2) is 0 Å². The lowest BCUT2D eigenvalue weighted by Gasteiger charge is -2.32. The van der Waals surface area contributed by atoms with Gasteiger partial charge in [-0.2, -0.15) is 0 Å². The molecule has 1 atom stereocenters. The Morgan fingerprint density at radius 1 is 1.06 bits per heavy atom. The third-order valence-electron chi connectivity index (χ3n) is 5.87. The first-order valence-corrected chi connectivity index (χ1v) is 12.1. The molecule has 1 unspecified atom stereocenters. The highest BCUT2D eigenvalue weighted by Crippen LogP contribution is 2.28. The predicted octanol–water partition coefficient (Wildman–Crippen LogP) is 4.59. The van der Waals surface area contributed by atoms with Crippen LogP contribution in [-0.4, -0.2) is 51.0 Å². The van der Waals surface area contributed by atoms with Crippen LogP contribution in [0.2, 0.25) is 0 Å². The summed E-state index contributed by atoms with van der Waals surface area (Å²) in [5.74, 6) is 3.01. The number of methoxy groups -OCH3 is 1. The summed E-state index contributed by atoms with van der Waals surface area (Å²) in [4.78, 5) is 15.0. The Kier molecular flexibility index (Phi) is 7.54. The van der Waals surface area contributed by atoms with E-state index in [1.54, 1.807) is 7.11 Å². The number of ether oxygens (including phenoxy) is 2. The van der Waals surface area contributed by atoms with Crippen LogP contribution in [-0.2, 0) is 11.4 Å². The van der Waals surface area contributed by atoms with Crippen LogP contribution in [0.4, 0.5) is 0 Å². The van der Waals surface area contributed by atoms with Gasteiger partial charge in [-0.1, -0.05) is 36.9 Å². The first-order chi connectivity index (χ1) is 16.0. The Hall–Kier alpha value is -3.00. The fourth-order valence-corrected chi connectivity index (χ4v) is 4.79. The van der Waals surface area contributed by atoms with Crippen molar-refractivity contribution in [1.82, 2.24) is 19.7 Å². The Morgan fingerprint density at radius 3 is 2.39 bits per heavy atom. The van der Waals surface area contributed by atoms with Crippen molar-refractivity contribution in [3.63, 3.8) is 0 Å². The maximum absolute atomic E-state index is 13.0. The normalized spacial score (nSPS) is 15.3. The number of para-hydroxylation sites is 1. The van der Waals surface area contributed by atoms with Crippen LogP contribution in [0, 0.1) is 5.92 Å². The second kappa shape index (κ2) is 10.7. The first kappa shape index (κ1) is 23.2. The molecule has 7 nitrogen and oxygen atoms in total. The molecule has 2 aromatic carbocycles. The van der Waals surface area contributed by atoms with Crippen molar-refractivity contribution in [3.8, 4) is 17.2 Å². The molecule has 4 rings (SSSR count). The van der Waals surface area contributed by atoms with Gasteiger partial charge in [0.05, 0.1) is 12.4 Å². The molecule has 0 radical (unpaired) electrons. The minimum Gasteiger partial charge on any atom is -0.497 e. The summed E-state index contributed by atoms with van der Waals surface area (Å²) in [6.45, 7) is 6.11. The standard InChI is InChI=1S/C25H30N4O3S/c1-18-13-15-28(16-14-18)24(30)19(2)33-25-27-26-23(29(25)20-7-5-4-6-8-20)17-32-22-11-9-21(31-3)10-12-22/h4-12,18-19H,13-17H2,1-3H3. The highest BCUT2D eigenvalue weighted by Gasteiger charge is 2.27. The van der Waals surface area contributed by atoms with Gasteiger partial charge in [0.15, 0.2) is 11.0 Å². The van der Waals surface area contributed by atoms with E-state index in [-0.39, 0.29) is 17.8 Å². The summed E-state index contributed by atoms with van der Waals surface area (Å²) in [5, 5.41) is 9.24. The average molecular weight is 467 g/mol. The van der Waals surface area contributed by atoms with Gasteiger partial charge in [0.1, 0.15) is 18.1 Å². The van der Waals surface area contributed by atoms with Gasteiger partial charge in [0, 0.05) is 18.8 Å². The Bertz CT molecular complexity index is 1050. The number of likely N-dealkylation sites (tertiary alicyclic amines) is 1. The molecule has 1 aliphatic rings. The van der Waals surface area contributed by atoms with E-state index in [1.165, 1.54) is 11.8 Å². The van der Waals surface area contributed by atoms with E-state index in [1.807, 2.05) is 71.0 Å². The molecule has 3 aromatic rings. The van der Waals surface area contributed by atoms with Crippen LogP contribution < -0.4 is 9.47 Å². The number of piperidine rings is 1. The van der Waals surface area contributed by atoms with Crippen molar-refractivity contribution in [1.29, 1.82) is 0 Å². The largest absolute Gasteiger partial charge is 0.497 e. The van der Waals surface area contributed by atoms with Gasteiger partial charge in [0.25, 0.3) is 0 Å². The lowest BCUT2D eigenvalue weighted by Crippen LogP contribution is -2.41. The fourth-order valence-electron chi connectivity index (χ4n) is 3.82. The third kappa shape index (κ3) is 5.68. The molecule has 0 N–H and O–H groups in total. The Labute approximate surface area is 199 Å². The van der Waals surface area contributed by atoms with Gasteiger partial charge in [-0.3, -0.25) is 9.36 Å². The molecular formula is C25H30N4O3S. The second-order valence-electron chi connectivity index (χ2n) is 8.30. The highest BCUT2D eigenvalue weighted by atomic mass is 32.2. The van der Waals surface area contributed by atoms with Crippen molar-refractivity contribution in [2.24, 2.45) is 5.92 Å². The number of amides is 1. The maximum Gasteiger partial charge on any atom is 0.235 e. The molecule has 2 heterocycles. The SMILES string of the molecule is COc1ccc(OCc2nnc(SC(C)C(=O)N3CCC(C)CC3)n2-c2ccccc2)cc1. The van der Waals surface area contributed by atoms with Crippen LogP contribution in [0.25, 0.3) is 5.69 Å². The molecular weight excluding hydrogens is 436 g/mol. The molecule has 0 aliphatic carbocycles. The zero-order valence-corrected chi connectivity index (χ0v) is 20.1. The lowest BCUT2D eigenvalue weighted by atomic mass is 9.99. The third-order valence-corrected chi connectivity index (χ3v) is 6.90. The molecule has 1 aliphatic heterocycles. The minimum atomic E-state index is -0.250. The highest BCUT2D eigenvalue weighted by molar-refractivity contribution is 8.00. The zero-order valence-electron chi connectivity index (χ0n) is 19.3. The van der Waals surface area contributed by atoms with Crippen LogP contribution in [0.15, 0.2) is 59.8 Å². The number of carbonyl (C=O) groups is 1. The van der Waals surface area contributed by atoms with Gasteiger partial charge >= 0.3 is 0 Å². The predicted molar refractivity (Wildman–Crippen MR) is 129 cm³/mol. The van der Waals surface area contributed by atoms with Gasteiger partial charge in [-0.05, 0) is 62.1 Å². The zero-order chi connectivity index (χ0) is 23.2. The maximum atomic E-state index is 13.0. The monoisotopic (exact) mass is 466 g/mol. The number of carbonyl (C=O) groups excluding carboxylic acids is 1. The molecule has 1 saturated heterocycles. The number of hydrogen-bond donors (Lipinski definition) is 0. The van der Waals surface area contributed by atoms with E-state index in [0.717, 1.165) is 43.1 Å². The topological polar surface area (TPSA) is 69.5 Å². The quantitative estimate of drug-likeness (QED) is 0.452. The molecule has 0 spiro atoms. The number of thioether (sulfide) groups is 1. The number of rotatable bonds is 8. The summed E-state index contributed by atoms with van der Waals surface area (Å²) in [7, 11) is 1.63. The van der Waals surface area contributed by atoms with Gasteiger partial charge in [0.2, 0.25) is 5.91 Å². The smallest absolute Gasteiger partial charge is 0.235 e. The summed E-state index contributed by atoms with van der Waals surface area (Å²) >= 11 is 1.44. The van der Waals surface area contributed by atoms with E-state index in [9.17, 15) is 4.79 Å². The van der Waals surface area contributed by atoms with Crippen molar-refractivity contribution < 1.29 is 14.3 Å². The summed E-state index contributed by atoms with van der Waals surface area (Å²) < 4.78 is 13.1. The van der Waals surface area contributed by atoms with E-state index < -0.39 is 0 Å². The van der Waals surface area contributed by atoms with Crippen LogP contribution in [0.5, 0.6) is 11.5 Å². The molecule has 8 heteroatoms. The molecule has 0 bridgehead atoms. The van der Waals surface area contributed by atoms with E-state index in [2.05, 4.69) is 17.1 Å². The Balaban J connectivity index is 1.51. The van der Waals surface area contributed by atoms with Crippen LogP contribution in [0.3, 0.4) is 0 Å². The van der Waals surface area contributed by atoms with E-state index in [4.69, 9.17) is 9.47 Å². The first-order valence-electron chi connectivity index (χ1n) is 11.3. The van der Waals surface area contributed by atoms with Crippen molar-refractivity contribution in [2.45, 2.75) is 43.7 Å². The van der Waals surface area contributed by atoms with Gasteiger partial charge < -0.3 is 14.4 Å². The fraction of sp³-hybridized carbons (Fsp3) is 0.400. The van der Waals surface area contributed by atoms with E-state index in [0.29, 0.717) is 16.9 Å². The summed E-state index contributed by atoms with van der Waals surface area (Å²) in [6, 6.07) is 17.3. The average Bonchev–Trinajstić information content (AvgIpc) is 3.25. The van der Waals surface area contributed by atoms with Gasteiger partial charge in [-0.15, -0.1) is 10.2 Å². The van der Waals surface area contributed by atoms with Crippen molar-refractivity contribution in [3.05, 3.63) is 60.4 Å². The number of aromatic nitrogens is 3. The van der Waals surface area contributed by atoms with Crippen molar-refractivity contribution in [2.75, 3.05) is 20.2 Å². The molecule has 1 amide bonds. The molecule has 0 saturated carbocycles. The minimum absolute atomic E-state index is 0.158. The molecule has 1 aromatic heterocycles. The summed E-state index contributed by atoms with van der Waals surface area (Å²) in [5.41, 5.74) is 0.935. The molecule has 1 fully saturated rings. The number of benzene rings is 2. The van der Waals surface area contributed by atoms with Crippen LogP contribution in [0.1, 0.15) is 32.5 Å². The molecule has 33 heavy (non-hydrogen) atoms. The molecule has 174 valence electrons. The second-order valence-corrected chi connectivity index (χ2v) is 9.61. The lowest BCUT2D eigenvalue weighted by molar-refractivity contribution is -0.131. The number of hydrogen-bond acceptors (Lipinski definition) is 6. The Morgan fingerprint density at radius 2 is 1.73 bits per heavy atom. The summed E-state index contributed by atoms with van der Waals surface area (Å²) in [6.07, 6.45) is 2.13. The van der Waals surface area contributed by atoms with E-state index >= 15 is 0 Å².